The van der Waals surface area contributed by atoms with E-state index < -0.39 is 24.0 Å². The molecule has 34 heavy (non-hydrogen) atoms. The van der Waals surface area contributed by atoms with Gasteiger partial charge in [-0.05, 0) is 31.5 Å². The normalized spacial score (nSPS) is 22.9. The van der Waals surface area contributed by atoms with Crippen LogP contribution in [0.2, 0.25) is 0 Å². The molecule has 9 heteroatoms. The molecular formula is C25H30N2O7. The van der Waals surface area contributed by atoms with Crippen LogP contribution in [0.15, 0.2) is 48.5 Å². The van der Waals surface area contributed by atoms with Crippen molar-refractivity contribution >= 4 is 12.0 Å². The van der Waals surface area contributed by atoms with Gasteiger partial charge in [-0.15, -0.1) is 0 Å². The molecule has 0 radical (unpaired) electrons. The van der Waals surface area contributed by atoms with Gasteiger partial charge in [0.15, 0.2) is 5.79 Å². The van der Waals surface area contributed by atoms with Crippen LogP contribution >= 0.6 is 0 Å². The second kappa shape index (κ2) is 9.90. The first kappa shape index (κ1) is 23.8. The Bertz CT molecular complexity index is 1030. The van der Waals surface area contributed by atoms with Gasteiger partial charge in [-0.2, -0.15) is 0 Å². The standard InChI is InChI=1S/C25H30N2O7/c1-25(2)33-15-20(34-25)21-22(23(28)26-21)27(24(29)32-14-16-8-6-5-7-9-16)13-17-10-11-18(30-3)12-19(17)31-4/h5-12,20-22H,13-15H2,1-4H3,(H,26,28)/t20-,21+,22-/m0/s1. The van der Waals surface area contributed by atoms with Crippen molar-refractivity contribution in [3.8, 4) is 11.5 Å². The van der Waals surface area contributed by atoms with E-state index in [2.05, 4.69) is 5.32 Å². The number of benzene rings is 2. The summed E-state index contributed by atoms with van der Waals surface area (Å²) in [5.41, 5.74) is 1.56. The fourth-order valence-corrected chi connectivity index (χ4v) is 4.16. The summed E-state index contributed by atoms with van der Waals surface area (Å²) in [7, 11) is 3.11. The Labute approximate surface area is 198 Å². The van der Waals surface area contributed by atoms with E-state index in [1.807, 2.05) is 44.2 Å². The number of carbonyl (C=O) groups is 2. The van der Waals surface area contributed by atoms with E-state index in [4.69, 9.17) is 23.7 Å². The fourth-order valence-electron chi connectivity index (χ4n) is 4.16. The highest BCUT2D eigenvalue weighted by atomic mass is 16.7. The highest BCUT2D eigenvalue weighted by Gasteiger charge is 2.53. The molecule has 9 nitrogen and oxygen atoms in total. The van der Waals surface area contributed by atoms with Crippen LogP contribution in [0.5, 0.6) is 11.5 Å². The number of nitrogens with zero attached hydrogens (tertiary/aromatic N) is 1. The topological polar surface area (TPSA) is 95.6 Å². The monoisotopic (exact) mass is 470 g/mol. The lowest BCUT2D eigenvalue weighted by Gasteiger charge is -2.45. The van der Waals surface area contributed by atoms with Crippen LogP contribution in [-0.2, 0) is 32.2 Å². The Morgan fingerprint density at radius 2 is 1.91 bits per heavy atom. The molecule has 2 aromatic rings. The van der Waals surface area contributed by atoms with Crippen molar-refractivity contribution in [3.05, 3.63) is 59.7 Å². The van der Waals surface area contributed by atoms with Gasteiger partial charge in [0, 0.05) is 11.6 Å². The Morgan fingerprint density at radius 1 is 1.15 bits per heavy atom. The Hall–Kier alpha value is -3.30. The van der Waals surface area contributed by atoms with Crippen molar-refractivity contribution in [1.82, 2.24) is 10.2 Å². The van der Waals surface area contributed by atoms with Gasteiger partial charge in [0.05, 0.1) is 33.4 Å². The van der Waals surface area contributed by atoms with E-state index in [9.17, 15) is 9.59 Å². The van der Waals surface area contributed by atoms with Gasteiger partial charge < -0.3 is 29.0 Å². The summed E-state index contributed by atoms with van der Waals surface area (Å²) < 4.78 is 28.0. The summed E-state index contributed by atoms with van der Waals surface area (Å²) in [6.45, 7) is 4.14. The molecule has 182 valence electrons. The van der Waals surface area contributed by atoms with Crippen molar-refractivity contribution in [3.63, 3.8) is 0 Å². The second-order valence-corrected chi connectivity index (χ2v) is 8.69. The number of amides is 2. The minimum absolute atomic E-state index is 0.0883. The molecule has 2 aliphatic rings. The summed E-state index contributed by atoms with van der Waals surface area (Å²) in [6, 6.07) is 13.5. The molecule has 0 aromatic heterocycles. The molecule has 2 fully saturated rings. The largest absolute Gasteiger partial charge is 0.497 e. The minimum atomic E-state index is -0.780. The quantitative estimate of drug-likeness (QED) is 0.593. The summed E-state index contributed by atoms with van der Waals surface area (Å²) in [4.78, 5) is 27.4. The molecule has 0 aliphatic carbocycles. The third-order valence-electron chi connectivity index (χ3n) is 5.96. The number of nitrogens with one attached hydrogen (secondary N) is 1. The Morgan fingerprint density at radius 3 is 2.53 bits per heavy atom. The molecule has 2 heterocycles. The molecule has 4 rings (SSSR count). The molecule has 2 aliphatic heterocycles. The molecule has 3 atom stereocenters. The maximum Gasteiger partial charge on any atom is 0.411 e. The van der Waals surface area contributed by atoms with Gasteiger partial charge in [-0.1, -0.05) is 30.3 Å². The van der Waals surface area contributed by atoms with E-state index in [-0.39, 0.29) is 25.2 Å². The first-order valence-electron chi connectivity index (χ1n) is 11.1. The zero-order chi connectivity index (χ0) is 24.3. The van der Waals surface area contributed by atoms with E-state index in [0.29, 0.717) is 23.7 Å². The number of carbonyl (C=O) groups excluding carboxylic acids is 2. The molecular weight excluding hydrogens is 440 g/mol. The zero-order valence-corrected chi connectivity index (χ0v) is 19.8. The average molecular weight is 471 g/mol. The fraction of sp³-hybridized carbons (Fsp3) is 0.440. The van der Waals surface area contributed by atoms with Gasteiger partial charge in [-0.25, -0.2) is 4.79 Å². The number of rotatable bonds is 8. The third-order valence-corrected chi connectivity index (χ3v) is 5.96. The minimum Gasteiger partial charge on any atom is -0.497 e. The lowest BCUT2D eigenvalue weighted by molar-refractivity contribution is -0.158. The predicted molar refractivity (Wildman–Crippen MR) is 122 cm³/mol. The first-order valence-corrected chi connectivity index (χ1v) is 11.1. The lowest BCUT2D eigenvalue weighted by atomic mass is 9.92. The van der Waals surface area contributed by atoms with E-state index >= 15 is 0 Å². The van der Waals surface area contributed by atoms with Crippen LogP contribution in [0.25, 0.3) is 0 Å². The van der Waals surface area contributed by atoms with Crippen LogP contribution in [0.3, 0.4) is 0 Å². The lowest BCUT2D eigenvalue weighted by Crippen LogP contribution is -2.73. The van der Waals surface area contributed by atoms with Gasteiger partial charge in [0.25, 0.3) is 0 Å². The van der Waals surface area contributed by atoms with Crippen LogP contribution < -0.4 is 14.8 Å². The molecule has 0 saturated carbocycles. The number of hydrogen-bond acceptors (Lipinski definition) is 7. The average Bonchev–Trinajstić information content (AvgIpc) is 3.20. The van der Waals surface area contributed by atoms with Crippen LogP contribution in [0, 0.1) is 0 Å². The van der Waals surface area contributed by atoms with Gasteiger partial charge in [0.1, 0.15) is 30.3 Å². The Balaban J connectivity index is 1.58. The maximum atomic E-state index is 13.3. The third kappa shape index (κ3) is 5.10. The number of hydrogen-bond donors (Lipinski definition) is 1. The van der Waals surface area contributed by atoms with Crippen LogP contribution in [0.4, 0.5) is 4.79 Å². The highest BCUT2D eigenvalue weighted by molar-refractivity contribution is 5.92. The highest BCUT2D eigenvalue weighted by Crippen LogP contribution is 2.32. The van der Waals surface area contributed by atoms with Gasteiger partial charge in [0.2, 0.25) is 5.91 Å². The van der Waals surface area contributed by atoms with Crippen molar-refractivity contribution < 1.29 is 33.3 Å². The van der Waals surface area contributed by atoms with Gasteiger partial charge in [-0.3, -0.25) is 9.69 Å². The zero-order valence-electron chi connectivity index (χ0n) is 19.8. The Kier molecular flexibility index (Phi) is 6.95. The van der Waals surface area contributed by atoms with Crippen molar-refractivity contribution in [2.75, 3.05) is 20.8 Å². The molecule has 2 amide bonds. The van der Waals surface area contributed by atoms with Crippen molar-refractivity contribution in [1.29, 1.82) is 0 Å². The molecule has 1 N–H and O–H groups in total. The molecule has 0 spiro atoms. The van der Waals surface area contributed by atoms with E-state index in [0.717, 1.165) is 5.56 Å². The summed E-state index contributed by atoms with van der Waals surface area (Å²) in [5, 5.41) is 2.87. The maximum absolute atomic E-state index is 13.3. The van der Waals surface area contributed by atoms with Crippen molar-refractivity contribution in [2.24, 2.45) is 0 Å². The van der Waals surface area contributed by atoms with Crippen LogP contribution in [-0.4, -0.2) is 61.7 Å². The second-order valence-electron chi connectivity index (χ2n) is 8.69. The number of β-lactam (4-membered cyclic amide) rings is 1. The molecule has 2 aromatic carbocycles. The summed E-state index contributed by atoms with van der Waals surface area (Å²) >= 11 is 0. The summed E-state index contributed by atoms with van der Waals surface area (Å²) in [6.07, 6.45) is -0.996. The first-order chi connectivity index (χ1) is 16.3. The van der Waals surface area contributed by atoms with E-state index in [1.165, 1.54) is 4.90 Å². The SMILES string of the molecule is COc1ccc(CN(C(=O)OCc2ccccc2)[C@@H]2C(=O)N[C@@H]2[C@@H]2COC(C)(C)O2)c(OC)c1. The molecule has 0 unspecified atom stereocenters. The molecule has 0 bridgehead atoms. The summed E-state index contributed by atoms with van der Waals surface area (Å²) in [5.74, 6) is 0.130. The smallest absolute Gasteiger partial charge is 0.411 e. The van der Waals surface area contributed by atoms with Gasteiger partial charge >= 0.3 is 6.09 Å². The predicted octanol–water partition coefficient (Wildman–Crippen LogP) is 2.86. The van der Waals surface area contributed by atoms with Crippen molar-refractivity contribution in [2.45, 2.75) is 51.0 Å². The van der Waals surface area contributed by atoms with Crippen LogP contribution in [0.1, 0.15) is 25.0 Å². The molecule has 2 saturated heterocycles. The van der Waals surface area contributed by atoms with E-state index in [1.54, 1.807) is 32.4 Å². The number of methoxy groups -OCH3 is 2. The number of ether oxygens (including phenoxy) is 5.